The summed E-state index contributed by atoms with van der Waals surface area (Å²) in [5.41, 5.74) is 0.655. The van der Waals surface area contributed by atoms with Crippen molar-refractivity contribution in [2.45, 2.75) is 39.8 Å². The predicted molar refractivity (Wildman–Crippen MR) is 79.3 cm³/mol. The number of ether oxygens (including phenoxy) is 1. The van der Waals surface area contributed by atoms with Gasteiger partial charge in [0.2, 0.25) is 0 Å². The summed E-state index contributed by atoms with van der Waals surface area (Å²) in [5.74, 6) is -0.283. The van der Waals surface area contributed by atoms with E-state index in [2.05, 4.69) is 5.32 Å². The summed E-state index contributed by atoms with van der Waals surface area (Å²) >= 11 is 0. The third kappa shape index (κ3) is 4.62. The van der Waals surface area contributed by atoms with E-state index in [1.165, 1.54) is 0 Å². The molecule has 0 aliphatic heterocycles. The zero-order chi connectivity index (χ0) is 15.2. The van der Waals surface area contributed by atoms with Crippen molar-refractivity contribution in [2.24, 2.45) is 5.41 Å². The van der Waals surface area contributed by atoms with Crippen molar-refractivity contribution in [3.63, 3.8) is 0 Å². The van der Waals surface area contributed by atoms with Crippen molar-refractivity contribution in [2.75, 3.05) is 13.2 Å². The van der Waals surface area contributed by atoms with Crippen LogP contribution in [0.5, 0.6) is 0 Å². The molecule has 2 atom stereocenters. The average molecular weight is 279 g/mol. The highest BCUT2D eigenvalue weighted by atomic mass is 16.5. The van der Waals surface area contributed by atoms with E-state index in [0.717, 1.165) is 5.56 Å². The van der Waals surface area contributed by atoms with Crippen molar-refractivity contribution in [3.8, 4) is 0 Å². The molecule has 0 heterocycles. The van der Waals surface area contributed by atoms with Crippen LogP contribution in [0.15, 0.2) is 30.3 Å². The normalized spacial score (nSPS) is 14.7. The van der Waals surface area contributed by atoms with E-state index in [1.54, 1.807) is 6.92 Å². The third-order valence-electron chi connectivity index (χ3n) is 3.14. The van der Waals surface area contributed by atoms with Crippen LogP contribution >= 0.6 is 0 Å². The number of benzene rings is 1. The van der Waals surface area contributed by atoms with Crippen molar-refractivity contribution in [3.05, 3.63) is 35.9 Å². The number of aliphatic hydroxyl groups excluding tert-OH is 1. The molecule has 0 fully saturated rings. The minimum absolute atomic E-state index is 0.0734. The Morgan fingerprint density at radius 1 is 1.30 bits per heavy atom. The minimum atomic E-state index is -0.472. The standard InChI is InChI=1S/C16H25NO3/c1-5-20-15(19)14(16(2,3)4)17-13(11-18)12-9-7-6-8-10-12/h6-10,13-14,17-18H,5,11H2,1-4H3/t13-,14+/m0/s1. The molecule has 0 spiro atoms. The number of carbonyl (C=O) groups excluding carboxylic acids is 1. The molecule has 0 amide bonds. The maximum absolute atomic E-state index is 12.1. The first-order valence-electron chi connectivity index (χ1n) is 6.98. The van der Waals surface area contributed by atoms with Gasteiger partial charge >= 0.3 is 5.97 Å². The highest BCUT2D eigenvalue weighted by Crippen LogP contribution is 2.24. The van der Waals surface area contributed by atoms with Gasteiger partial charge < -0.3 is 9.84 Å². The van der Waals surface area contributed by atoms with Crippen LogP contribution in [0.1, 0.15) is 39.3 Å². The summed E-state index contributed by atoms with van der Waals surface area (Å²) in [4.78, 5) is 12.1. The monoisotopic (exact) mass is 279 g/mol. The molecule has 2 N–H and O–H groups in total. The summed E-state index contributed by atoms with van der Waals surface area (Å²) in [7, 11) is 0. The quantitative estimate of drug-likeness (QED) is 0.784. The van der Waals surface area contributed by atoms with Crippen LogP contribution in [0.3, 0.4) is 0 Å². The molecule has 0 aromatic heterocycles. The van der Waals surface area contributed by atoms with Crippen LogP contribution in [-0.4, -0.2) is 30.3 Å². The number of esters is 1. The molecule has 112 valence electrons. The molecule has 0 aliphatic carbocycles. The first-order chi connectivity index (χ1) is 9.40. The fourth-order valence-corrected chi connectivity index (χ4v) is 2.04. The Morgan fingerprint density at radius 2 is 1.90 bits per heavy atom. The molecule has 4 nitrogen and oxygen atoms in total. The van der Waals surface area contributed by atoms with Crippen LogP contribution in [-0.2, 0) is 9.53 Å². The Balaban J connectivity index is 2.90. The summed E-state index contributed by atoms with van der Waals surface area (Å²) in [6.45, 7) is 7.99. The van der Waals surface area contributed by atoms with Crippen LogP contribution in [0.2, 0.25) is 0 Å². The number of carbonyl (C=O) groups is 1. The molecule has 1 aromatic rings. The second-order valence-corrected chi connectivity index (χ2v) is 5.86. The van der Waals surface area contributed by atoms with Gasteiger partial charge in [0.05, 0.1) is 19.3 Å². The molecule has 0 unspecified atom stereocenters. The van der Waals surface area contributed by atoms with E-state index in [4.69, 9.17) is 4.74 Å². The smallest absolute Gasteiger partial charge is 0.323 e. The molecule has 0 saturated carbocycles. The maximum Gasteiger partial charge on any atom is 0.323 e. The Kier molecular flexibility index (Phi) is 6.17. The second-order valence-electron chi connectivity index (χ2n) is 5.86. The van der Waals surface area contributed by atoms with Gasteiger partial charge in [-0.15, -0.1) is 0 Å². The van der Waals surface area contributed by atoms with E-state index in [-0.39, 0.29) is 24.0 Å². The van der Waals surface area contributed by atoms with Gasteiger partial charge in [-0.05, 0) is 17.9 Å². The lowest BCUT2D eigenvalue weighted by Crippen LogP contribution is -2.49. The van der Waals surface area contributed by atoms with Gasteiger partial charge in [-0.2, -0.15) is 0 Å². The van der Waals surface area contributed by atoms with Crippen LogP contribution in [0.25, 0.3) is 0 Å². The van der Waals surface area contributed by atoms with Gasteiger partial charge in [0.1, 0.15) is 6.04 Å². The molecule has 0 aliphatic rings. The zero-order valence-corrected chi connectivity index (χ0v) is 12.7. The Morgan fingerprint density at radius 3 is 2.35 bits per heavy atom. The van der Waals surface area contributed by atoms with Crippen LogP contribution < -0.4 is 5.32 Å². The molecule has 4 heteroatoms. The van der Waals surface area contributed by atoms with Crippen molar-refractivity contribution in [1.29, 1.82) is 0 Å². The SMILES string of the molecule is CCOC(=O)[C@@H](N[C@@H](CO)c1ccccc1)C(C)(C)C. The summed E-state index contributed by atoms with van der Waals surface area (Å²) in [6, 6.07) is 8.85. The Labute approximate surface area is 121 Å². The van der Waals surface area contributed by atoms with Crippen LogP contribution in [0, 0.1) is 5.41 Å². The molecular weight excluding hydrogens is 254 g/mol. The lowest BCUT2D eigenvalue weighted by atomic mass is 9.86. The molecule has 0 bridgehead atoms. The Bertz CT molecular complexity index is 411. The maximum atomic E-state index is 12.1. The molecule has 0 radical (unpaired) electrons. The van der Waals surface area contributed by atoms with Gasteiger partial charge in [0.15, 0.2) is 0 Å². The van der Waals surface area contributed by atoms with Crippen molar-refractivity contribution >= 4 is 5.97 Å². The molecule has 0 saturated heterocycles. The van der Waals surface area contributed by atoms with Crippen LogP contribution in [0.4, 0.5) is 0 Å². The van der Waals surface area contributed by atoms with Gasteiger partial charge in [-0.1, -0.05) is 51.1 Å². The number of nitrogens with one attached hydrogen (secondary N) is 1. The zero-order valence-electron chi connectivity index (χ0n) is 12.7. The van der Waals surface area contributed by atoms with E-state index >= 15 is 0 Å². The van der Waals surface area contributed by atoms with Crippen molar-refractivity contribution < 1.29 is 14.6 Å². The van der Waals surface area contributed by atoms with E-state index in [0.29, 0.717) is 6.61 Å². The van der Waals surface area contributed by atoms with Gasteiger partial charge in [-0.25, -0.2) is 0 Å². The molecular formula is C16H25NO3. The minimum Gasteiger partial charge on any atom is -0.465 e. The van der Waals surface area contributed by atoms with Gasteiger partial charge in [-0.3, -0.25) is 10.1 Å². The Hall–Kier alpha value is -1.39. The fourth-order valence-electron chi connectivity index (χ4n) is 2.04. The predicted octanol–water partition coefficient (Wildman–Crippen LogP) is 2.29. The number of rotatable bonds is 6. The van der Waals surface area contributed by atoms with Gasteiger partial charge in [0, 0.05) is 0 Å². The van der Waals surface area contributed by atoms with Gasteiger partial charge in [0.25, 0.3) is 0 Å². The largest absolute Gasteiger partial charge is 0.465 e. The molecule has 20 heavy (non-hydrogen) atoms. The van der Waals surface area contributed by atoms with E-state index < -0.39 is 6.04 Å². The molecule has 1 rings (SSSR count). The second kappa shape index (κ2) is 7.41. The first kappa shape index (κ1) is 16.7. The van der Waals surface area contributed by atoms with E-state index in [9.17, 15) is 9.90 Å². The van der Waals surface area contributed by atoms with E-state index in [1.807, 2.05) is 51.1 Å². The first-order valence-corrected chi connectivity index (χ1v) is 6.98. The number of hydrogen-bond acceptors (Lipinski definition) is 4. The fraction of sp³-hybridized carbons (Fsp3) is 0.562. The van der Waals surface area contributed by atoms with Crippen molar-refractivity contribution in [1.82, 2.24) is 5.32 Å². The highest BCUT2D eigenvalue weighted by molar-refractivity contribution is 5.76. The summed E-state index contributed by atoms with van der Waals surface area (Å²) in [5, 5.41) is 12.8. The lowest BCUT2D eigenvalue weighted by Gasteiger charge is -2.32. The number of aliphatic hydroxyl groups is 1. The summed E-state index contributed by atoms with van der Waals surface area (Å²) < 4.78 is 5.13. The molecule has 1 aromatic carbocycles. The average Bonchev–Trinajstić information content (AvgIpc) is 2.39. The lowest BCUT2D eigenvalue weighted by molar-refractivity contribution is -0.149. The third-order valence-corrected chi connectivity index (χ3v) is 3.14. The summed E-state index contributed by atoms with van der Waals surface area (Å²) in [6.07, 6.45) is 0. The number of hydrogen-bond donors (Lipinski definition) is 2. The highest BCUT2D eigenvalue weighted by Gasteiger charge is 2.34. The topological polar surface area (TPSA) is 58.6 Å².